The van der Waals surface area contributed by atoms with Crippen molar-refractivity contribution in [1.82, 2.24) is 20.1 Å². The Balaban J connectivity index is 1.55. The van der Waals surface area contributed by atoms with Crippen LogP contribution in [-0.2, 0) is 28.4 Å². The van der Waals surface area contributed by atoms with Gasteiger partial charge in [-0.05, 0) is 30.5 Å². The molecule has 1 aliphatic carbocycles. The Morgan fingerprint density at radius 3 is 2.70 bits per heavy atom. The van der Waals surface area contributed by atoms with Crippen molar-refractivity contribution in [3.05, 3.63) is 40.7 Å². The van der Waals surface area contributed by atoms with Crippen molar-refractivity contribution in [3.63, 3.8) is 0 Å². The number of amides is 1. The Morgan fingerprint density at radius 1 is 1.33 bits per heavy atom. The van der Waals surface area contributed by atoms with Crippen LogP contribution in [0.1, 0.15) is 30.7 Å². The van der Waals surface area contributed by atoms with E-state index in [1.807, 2.05) is 35.9 Å². The fourth-order valence-corrected chi connectivity index (χ4v) is 4.26. The fraction of sp³-hybridized carbons (Fsp3) is 0.526. The molecule has 0 spiro atoms. The highest BCUT2D eigenvalue weighted by Crippen LogP contribution is 2.44. The molecule has 0 radical (unpaired) electrons. The fourth-order valence-electron chi connectivity index (χ4n) is 3.31. The zero-order chi connectivity index (χ0) is 19.3. The lowest BCUT2D eigenvalue weighted by atomic mass is 9.64. The molecule has 27 heavy (non-hydrogen) atoms. The minimum Gasteiger partial charge on any atom is -0.384 e. The topological polar surface area (TPSA) is 69.0 Å². The lowest BCUT2D eigenvalue weighted by Crippen LogP contribution is -2.49. The maximum absolute atomic E-state index is 12.9. The number of rotatable bonds is 9. The van der Waals surface area contributed by atoms with Crippen molar-refractivity contribution in [2.45, 2.75) is 36.3 Å². The zero-order valence-corrected chi connectivity index (χ0v) is 17.3. The van der Waals surface area contributed by atoms with E-state index in [-0.39, 0.29) is 5.91 Å². The largest absolute Gasteiger partial charge is 0.384 e. The molecule has 8 heteroatoms. The van der Waals surface area contributed by atoms with Crippen LogP contribution in [0.4, 0.5) is 0 Å². The maximum atomic E-state index is 12.9. The van der Waals surface area contributed by atoms with Gasteiger partial charge < -0.3 is 14.6 Å². The summed E-state index contributed by atoms with van der Waals surface area (Å²) < 4.78 is 7.04. The number of methoxy groups -OCH3 is 1. The van der Waals surface area contributed by atoms with E-state index in [4.69, 9.17) is 16.3 Å². The van der Waals surface area contributed by atoms with E-state index in [0.29, 0.717) is 24.6 Å². The molecule has 0 aliphatic heterocycles. The van der Waals surface area contributed by atoms with Crippen LogP contribution in [0, 0.1) is 0 Å². The van der Waals surface area contributed by atoms with Gasteiger partial charge in [-0.3, -0.25) is 4.79 Å². The van der Waals surface area contributed by atoms with E-state index in [2.05, 4.69) is 15.5 Å². The predicted octanol–water partition coefficient (Wildman–Crippen LogP) is 2.99. The smallest absolute Gasteiger partial charge is 0.230 e. The normalized spacial score (nSPS) is 15.4. The summed E-state index contributed by atoms with van der Waals surface area (Å²) in [5.41, 5.74) is 0.636. The van der Waals surface area contributed by atoms with Crippen molar-refractivity contribution >= 4 is 29.3 Å². The van der Waals surface area contributed by atoms with Gasteiger partial charge in [-0.15, -0.1) is 10.2 Å². The number of thioether (sulfide) groups is 1. The molecule has 1 saturated carbocycles. The van der Waals surface area contributed by atoms with E-state index >= 15 is 0 Å². The number of carbonyl (C=O) groups excluding carboxylic acids is 1. The van der Waals surface area contributed by atoms with Crippen molar-refractivity contribution in [2.75, 3.05) is 26.0 Å². The van der Waals surface area contributed by atoms with Crippen LogP contribution in [0.3, 0.4) is 0 Å². The van der Waals surface area contributed by atoms with Gasteiger partial charge in [0.25, 0.3) is 0 Å². The molecule has 2 aromatic rings. The second kappa shape index (κ2) is 9.08. The highest BCUT2D eigenvalue weighted by atomic mass is 35.5. The highest BCUT2D eigenvalue weighted by molar-refractivity contribution is 7.99. The van der Waals surface area contributed by atoms with Crippen LogP contribution in [0.15, 0.2) is 29.4 Å². The first-order valence-corrected chi connectivity index (χ1v) is 10.5. The minimum atomic E-state index is -0.411. The number of hydrogen-bond donors (Lipinski definition) is 1. The average Bonchev–Trinajstić information content (AvgIpc) is 2.96. The molecule has 6 nitrogen and oxygen atoms in total. The number of nitrogens with one attached hydrogen (secondary N) is 1. The Labute approximate surface area is 169 Å². The third-order valence-electron chi connectivity index (χ3n) is 5.12. The summed E-state index contributed by atoms with van der Waals surface area (Å²) in [6, 6.07) is 7.64. The van der Waals surface area contributed by atoms with Gasteiger partial charge >= 0.3 is 0 Å². The maximum Gasteiger partial charge on any atom is 0.230 e. The second-order valence-corrected chi connectivity index (χ2v) is 8.25. The second-order valence-electron chi connectivity index (χ2n) is 6.75. The van der Waals surface area contributed by atoms with Gasteiger partial charge in [0.1, 0.15) is 5.82 Å². The molecule has 1 aromatic carbocycles. The first-order chi connectivity index (χ1) is 13.1. The summed E-state index contributed by atoms with van der Waals surface area (Å²) in [6.45, 7) is 1.22. The Kier molecular flexibility index (Phi) is 6.78. The van der Waals surface area contributed by atoms with Gasteiger partial charge in [0, 0.05) is 37.9 Å². The minimum absolute atomic E-state index is 0.0907. The van der Waals surface area contributed by atoms with Crippen LogP contribution in [0.5, 0.6) is 0 Å². The van der Waals surface area contributed by atoms with Gasteiger partial charge in [0.05, 0.1) is 12.0 Å². The molecule has 1 heterocycles. The third-order valence-corrected chi connectivity index (χ3v) is 6.35. The molecule has 1 fully saturated rings. The van der Waals surface area contributed by atoms with Gasteiger partial charge in [0.2, 0.25) is 5.91 Å². The van der Waals surface area contributed by atoms with Gasteiger partial charge in [-0.25, -0.2) is 0 Å². The molecule has 3 rings (SSSR count). The van der Waals surface area contributed by atoms with Crippen LogP contribution in [0.25, 0.3) is 0 Å². The third kappa shape index (κ3) is 4.47. The molecule has 1 N–H and O–H groups in total. The van der Waals surface area contributed by atoms with E-state index in [0.717, 1.165) is 41.6 Å². The molecule has 1 amide bonds. The first kappa shape index (κ1) is 20.2. The Morgan fingerprint density at radius 2 is 2.07 bits per heavy atom. The number of benzene rings is 1. The quantitative estimate of drug-likeness (QED) is 0.510. The summed E-state index contributed by atoms with van der Waals surface area (Å²) in [6.07, 6.45) is 3.48. The molecule has 0 atom stereocenters. The van der Waals surface area contributed by atoms with Crippen LogP contribution in [-0.4, -0.2) is 46.7 Å². The number of halogens is 1. The van der Waals surface area contributed by atoms with E-state index in [1.54, 1.807) is 18.9 Å². The number of ether oxygens (including phenoxy) is 1. The molecular formula is C19H25ClN4O2S. The highest BCUT2D eigenvalue weighted by Gasteiger charge is 2.45. The monoisotopic (exact) mass is 408 g/mol. The first-order valence-electron chi connectivity index (χ1n) is 9.11. The molecule has 0 bridgehead atoms. The molecule has 146 valence electrons. The molecular weight excluding hydrogens is 384 g/mol. The van der Waals surface area contributed by atoms with Gasteiger partial charge in [0.15, 0.2) is 5.16 Å². The zero-order valence-electron chi connectivity index (χ0n) is 15.7. The van der Waals surface area contributed by atoms with E-state index in [9.17, 15) is 4.79 Å². The van der Waals surface area contributed by atoms with Crippen LogP contribution in [0.2, 0.25) is 5.02 Å². The predicted molar refractivity (Wildman–Crippen MR) is 107 cm³/mol. The van der Waals surface area contributed by atoms with Crippen LogP contribution >= 0.6 is 23.4 Å². The summed E-state index contributed by atoms with van der Waals surface area (Å²) in [4.78, 5) is 12.9. The molecule has 0 saturated heterocycles. The summed E-state index contributed by atoms with van der Waals surface area (Å²) >= 11 is 7.60. The average molecular weight is 409 g/mol. The van der Waals surface area contributed by atoms with Crippen LogP contribution < -0.4 is 5.32 Å². The van der Waals surface area contributed by atoms with Gasteiger partial charge in [-0.2, -0.15) is 0 Å². The molecule has 1 aromatic heterocycles. The number of aromatic nitrogens is 3. The van der Waals surface area contributed by atoms with E-state index < -0.39 is 5.41 Å². The van der Waals surface area contributed by atoms with Crippen molar-refractivity contribution in [3.8, 4) is 0 Å². The summed E-state index contributed by atoms with van der Waals surface area (Å²) in [5, 5.41) is 13.1. The lowest BCUT2D eigenvalue weighted by Gasteiger charge is -2.40. The van der Waals surface area contributed by atoms with E-state index in [1.165, 1.54) is 0 Å². The summed E-state index contributed by atoms with van der Waals surface area (Å²) in [5.74, 6) is 1.79. The lowest BCUT2D eigenvalue weighted by molar-refractivity contribution is -0.129. The summed E-state index contributed by atoms with van der Waals surface area (Å²) in [7, 11) is 3.64. The standard InChI is InChI=1S/C19H25ClN4O2S/c1-24-16(22-23-18(24)27-13-12-26-2)8-11-21-17(25)19(9-3-10-19)14-4-6-15(20)7-5-14/h4-7H,3,8-13H2,1-2H3,(H,21,25). The van der Waals surface area contributed by atoms with Crippen molar-refractivity contribution < 1.29 is 9.53 Å². The molecule has 1 aliphatic rings. The molecule has 0 unspecified atom stereocenters. The number of carbonyl (C=O) groups is 1. The SMILES string of the molecule is COCCSc1nnc(CCNC(=O)C2(c3ccc(Cl)cc3)CCC2)n1C. The number of hydrogen-bond acceptors (Lipinski definition) is 5. The Hall–Kier alpha value is -1.57. The number of nitrogens with zero attached hydrogens (tertiary/aromatic N) is 3. The van der Waals surface area contributed by atoms with Crippen molar-refractivity contribution in [2.24, 2.45) is 7.05 Å². The Bertz CT molecular complexity index is 775. The van der Waals surface area contributed by atoms with Gasteiger partial charge in [-0.1, -0.05) is 41.9 Å². The van der Waals surface area contributed by atoms with Crippen molar-refractivity contribution in [1.29, 1.82) is 0 Å².